The SMILES string of the molecule is COc1cccc(NC(=O)C(C)Oc2ccc(Cl)cc2Br)c1. The van der Waals surface area contributed by atoms with E-state index in [0.717, 1.165) is 0 Å². The van der Waals surface area contributed by atoms with Crippen molar-refractivity contribution in [2.45, 2.75) is 13.0 Å². The zero-order chi connectivity index (χ0) is 16.1. The highest BCUT2D eigenvalue weighted by atomic mass is 79.9. The molecule has 6 heteroatoms. The molecule has 0 saturated heterocycles. The largest absolute Gasteiger partial charge is 0.497 e. The van der Waals surface area contributed by atoms with E-state index in [1.807, 2.05) is 0 Å². The van der Waals surface area contributed by atoms with Crippen LogP contribution in [0, 0.1) is 0 Å². The van der Waals surface area contributed by atoms with Gasteiger partial charge in [-0.1, -0.05) is 17.7 Å². The second-order valence-electron chi connectivity index (χ2n) is 4.56. The first-order chi connectivity index (χ1) is 10.5. The number of carbonyl (C=O) groups is 1. The maximum atomic E-state index is 12.2. The van der Waals surface area contributed by atoms with E-state index >= 15 is 0 Å². The van der Waals surface area contributed by atoms with Gasteiger partial charge in [-0.05, 0) is 53.2 Å². The molecule has 0 spiro atoms. The maximum Gasteiger partial charge on any atom is 0.265 e. The van der Waals surface area contributed by atoms with Crippen LogP contribution in [0.2, 0.25) is 5.02 Å². The number of carbonyl (C=O) groups excluding carboxylic acids is 1. The van der Waals surface area contributed by atoms with E-state index in [9.17, 15) is 4.79 Å². The Balaban J connectivity index is 2.02. The summed E-state index contributed by atoms with van der Waals surface area (Å²) in [6, 6.07) is 12.3. The standard InChI is InChI=1S/C16H15BrClNO3/c1-10(22-15-7-6-11(18)8-14(15)17)16(20)19-12-4-3-5-13(9-12)21-2/h3-10H,1-2H3,(H,19,20). The number of hydrogen-bond donors (Lipinski definition) is 1. The molecule has 0 heterocycles. The van der Waals surface area contributed by atoms with Gasteiger partial charge in [0.15, 0.2) is 6.10 Å². The van der Waals surface area contributed by atoms with Crippen molar-refractivity contribution in [3.63, 3.8) is 0 Å². The van der Waals surface area contributed by atoms with Crippen LogP contribution in [0.15, 0.2) is 46.9 Å². The van der Waals surface area contributed by atoms with Crippen LogP contribution in [0.5, 0.6) is 11.5 Å². The minimum absolute atomic E-state index is 0.255. The molecule has 4 nitrogen and oxygen atoms in total. The van der Waals surface area contributed by atoms with Crippen molar-refractivity contribution in [1.29, 1.82) is 0 Å². The van der Waals surface area contributed by atoms with E-state index in [1.54, 1.807) is 56.5 Å². The average Bonchev–Trinajstić information content (AvgIpc) is 2.50. The number of methoxy groups -OCH3 is 1. The number of halogens is 2. The summed E-state index contributed by atoms with van der Waals surface area (Å²) in [5.74, 6) is 0.972. The Labute approximate surface area is 142 Å². The lowest BCUT2D eigenvalue weighted by Crippen LogP contribution is -2.30. The molecule has 0 fully saturated rings. The molecule has 0 aliphatic carbocycles. The summed E-state index contributed by atoms with van der Waals surface area (Å²) >= 11 is 9.23. The van der Waals surface area contributed by atoms with Gasteiger partial charge in [0.05, 0.1) is 11.6 Å². The molecule has 0 radical (unpaired) electrons. The minimum Gasteiger partial charge on any atom is -0.497 e. The van der Waals surface area contributed by atoms with Gasteiger partial charge < -0.3 is 14.8 Å². The van der Waals surface area contributed by atoms with Crippen molar-refractivity contribution >= 4 is 39.1 Å². The Morgan fingerprint density at radius 2 is 2.05 bits per heavy atom. The molecule has 22 heavy (non-hydrogen) atoms. The summed E-state index contributed by atoms with van der Waals surface area (Å²) in [5.41, 5.74) is 0.648. The lowest BCUT2D eigenvalue weighted by Gasteiger charge is -2.16. The van der Waals surface area contributed by atoms with Gasteiger partial charge in [-0.15, -0.1) is 0 Å². The molecule has 2 aromatic carbocycles. The molecule has 1 atom stereocenters. The Morgan fingerprint density at radius 3 is 2.73 bits per heavy atom. The predicted octanol–water partition coefficient (Wildman–Crippen LogP) is 4.52. The molecule has 2 rings (SSSR count). The predicted molar refractivity (Wildman–Crippen MR) is 90.9 cm³/mol. The van der Waals surface area contributed by atoms with Gasteiger partial charge in [0, 0.05) is 16.8 Å². The average molecular weight is 385 g/mol. The third kappa shape index (κ3) is 4.39. The van der Waals surface area contributed by atoms with Crippen molar-refractivity contribution in [3.8, 4) is 11.5 Å². The molecule has 116 valence electrons. The molecular weight excluding hydrogens is 370 g/mol. The van der Waals surface area contributed by atoms with Crippen LogP contribution < -0.4 is 14.8 Å². The molecule has 0 aliphatic heterocycles. The first-order valence-electron chi connectivity index (χ1n) is 6.56. The molecule has 2 aromatic rings. The first kappa shape index (κ1) is 16.6. The smallest absolute Gasteiger partial charge is 0.265 e. The highest BCUT2D eigenvalue weighted by Crippen LogP contribution is 2.29. The quantitative estimate of drug-likeness (QED) is 0.824. The fourth-order valence-corrected chi connectivity index (χ4v) is 2.54. The molecule has 1 N–H and O–H groups in total. The highest BCUT2D eigenvalue weighted by Gasteiger charge is 2.16. The van der Waals surface area contributed by atoms with E-state index in [1.165, 1.54) is 0 Å². The van der Waals surface area contributed by atoms with Crippen LogP contribution >= 0.6 is 27.5 Å². The van der Waals surface area contributed by atoms with Gasteiger partial charge in [-0.2, -0.15) is 0 Å². The van der Waals surface area contributed by atoms with E-state index in [0.29, 0.717) is 26.7 Å². The zero-order valence-electron chi connectivity index (χ0n) is 12.1. The van der Waals surface area contributed by atoms with E-state index < -0.39 is 6.10 Å². The molecule has 0 bridgehead atoms. The number of ether oxygens (including phenoxy) is 2. The second kappa shape index (κ2) is 7.51. The number of nitrogens with one attached hydrogen (secondary N) is 1. The first-order valence-corrected chi connectivity index (χ1v) is 7.73. The lowest BCUT2D eigenvalue weighted by atomic mass is 10.2. The number of amides is 1. The van der Waals surface area contributed by atoms with Crippen molar-refractivity contribution in [2.75, 3.05) is 12.4 Å². The van der Waals surface area contributed by atoms with Gasteiger partial charge in [-0.25, -0.2) is 0 Å². The molecule has 0 aromatic heterocycles. The second-order valence-corrected chi connectivity index (χ2v) is 5.85. The fraction of sp³-hybridized carbons (Fsp3) is 0.188. The molecule has 1 unspecified atom stereocenters. The monoisotopic (exact) mass is 383 g/mol. The highest BCUT2D eigenvalue weighted by molar-refractivity contribution is 9.10. The number of rotatable bonds is 5. The zero-order valence-corrected chi connectivity index (χ0v) is 14.4. The lowest BCUT2D eigenvalue weighted by molar-refractivity contribution is -0.122. The topological polar surface area (TPSA) is 47.6 Å². The number of anilines is 1. The molecule has 0 saturated carbocycles. The summed E-state index contributed by atoms with van der Waals surface area (Å²) in [7, 11) is 1.57. The van der Waals surface area contributed by atoms with Crippen molar-refractivity contribution in [1.82, 2.24) is 0 Å². The summed E-state index contributed by atoms with van der Waals surface area (Å²) in [5, 5.41) is 3.37. The third-order valence-electron chi connectivity index (χ3n) is 2.90. The van der Waals surface area contributed by atoms with Crippen LogP contribution in [0.4, 0.5) is 5.69 Å². The van der Waals surface area contributed by atoms with Gasteiger partial charge in [-0.3, -0.25) is 4.79 Å². The third-order valence-corrected chi connectivity index (χ3v) is 3.76. The van der Waals surface area contributed by atoms with Gasteiger partial charge >= 0.3 is 0 Å². The number of hydrogen-bond acceptors (Lipinski definition) is 3. The Kier molecular flexibility index (Phi) is 5.69. The summed E-state index contributed by atoms with van der Waals surface area (Å²) in [4.78, 5) is 12.2. The van der Waals surface area contributed by atoms with E-state index in [2.05, 4.69) is 21.2 Å². The van der Waals surface area contributed by atoms with Crippen molar-refractivity contribution < 1.29 is 14.3 Å². The Morgan fingerprint density at radius 1 is 1.27 bits per heavy atom. The van der Waals surface area contributed by atoms with E-state index in [4.69, 9.17) is 21.1 Å². The fourth-order valence-electron chi connectivity index (χ4n) is 1.76. The van der Waals surface area contributed by atoms with Crippen molar-refractivity contribution in [3.05, 3.63) is 52.0 Å². The molecular formula is C16H15BrClNO3. The van der Waals surface area contributed by atoms with E-state index in [-0.39, 0.29) is 5.91 Å². The normalized spacial score (nSPS) is 11.6. The van der Waals surface area contributed by atoms with Gasteiger partial charge in [0.2, 0.25) is 0 Å². The van der Waals surface area contributed by atoms with Crippen LogP contribution in [0.25, 0.3) is 0 Å². The Bertz CT molecular complexity index is 678. The van der Waals surface area contributed by atoms with Crippen LogP contribution in [-0.2, 0) is 4.79 Å². The molecule has 1 amide bonds. The maximum absolute atomic E-state index is 12.2. The van der Waals surface area contributed by atoms with Gasteiger partial charge in [0.1, 0.15) is 11.5 Å². The van der Waals surface area contributed by atoms with Crippen LogP contribution in [0.3, 0.4) is 0 Å². The summed E-state index contributed by atoms with van der Waals surface area (Å²) in [6.45, 7) is 1.68. The number of benzene rings is 2. The van der Waals surface area contributed by atoms with Gasteiger partial charge in [0.25, 0.3) is 5.91 Å². The van der Waals surface area contributed by atoms with Crippen molar-refractivity contribution in [2.24, 2.45) is 0 Å². The summed E-state index contributed by atoms with van der Waals surface area (Å²) < 4.78 is 11.5. The van der Waals surface area contributed by atoms with Crippen LogP contribution in [0.1, 0.15) is 6.92 Å². The molecule has 0 aliphatic rings. The Hall–Kier alpha value is -1.72. The summed E-state index contributed by atoms with van der Waals surface area (Å²) in [6.07, 6.45) is -0.663. The van der Waals surface area contributed by atoms with Crippen LogP contribution in [-0.4, -0.2) is 19.1 Å². The minimum atomic E-state index is -0.663.